The van der Waals surface area contributed by atoms with Crippen molar-refractivity contribution in [1.29, 1.82) is 0 Å². The fourth-order valence-electron chi connectivity index (χ4n) is 2.07. The number of nitrogens with one attached hydrogen (secondary N) is 1. The van der Waals surface area contributed by atoms with Crippen LogP contribution in [0, 0.1) is 6.92 Å². The zero-order chi connectivity index (χ0) is 18.6. The number of nitrogens with two attached hydrogens (primary N) is 1. The highest BCUT2D eigenvalue weighted by molar-refractivity contribution is 7.80. The number of benzene rings is 2. The Morgan fingerprint density at radius 1 is 1.04 bits per heavy atom. The van der Waals surface area contributed by atoms with Crippen molar-refractivity contribution in [3.63, 3.8) is 0 Å². The van der Waals surface area contributed by atoms with Crippen LogP contribution in [0.2, 0.25) is 0 Å². The molecule has 2 aromatic rings. The highest BCUT2D eigenvalue weighted by Gasteiger charge is 1.98. The van der Waals surface area contributed by atoms with Crippen LogP contribution in [0.5, 0.6) is 11.5 Å². The number of hydrogen-bond acceptors (Lipinski definition) is 5. The Balaban J connectivity index is 1.57. The van der Waals surface area contributed by atoms with E-state index >= 15 is 0 Å². The van der Waals surface area contributed by atoms with Crippen molar-refractivity contribution in [3.05, 3.63) is 59.7 Å². The standard InChI is InChI=1S/C19H23N3O3S/c1-15-4-2-3-5-18(15)25-13-11-23-10-12-24-17-8-6-16(7-9-17)14-21-22-19(20)26/h2-9,14H,10-13H2,1H3,(H3,20,22,26)/b21-14+. The van der Waals surface area contributed by atoms with Gasteiger partial charge in [0.25, 0.3) is 0 Å². The lowest BCUT2D eigenvalue weighted by molar-refractivity contribution is 0.0763. The third-order valence-corrected chi connectivity index (χ3v) is 3.43. The van der Waals surface area contributed by atoms with Gasteiger partial charge in [-0.2, -0.15) is 5.10 Å². The van der Waals surface area contributed by atoms with Crippen molar-refractivity contribution in [3.8, 4) is 11.5 Å². The van der Waals surface area contributed by atoms with Crippen molar-refractivity contribution in [2.75, 3.05) is 26.4 Å². The van der Waals surface area contributed by atoms with E-state index in [0.717, 1.165) is 22.6 Å². The predicted molar refractivity (Wildman–Crippen MR) is 107 cm³/mol. The summed E-state index contributed by atoms with van der Waals surface area (Å²) in [4.78, 5) is 0. The van der Waals surface area contributed by atoms with Crippen molar-refractivity contribution < 1.29 is 14.2 Å². The summed E-state index contributed by atoms with van der Waals surface area (Å²) in [5, 5.41) is 4.02. The molecule has 0 aliphatic carbocycles. The van der Waals surface area contributed by atoms with Gasteiger partial charge in [0.05, 0.1) is 19.4 Å². The number of para-hydroxylation sites is 1. The van der Waals surface area contributed by atoms with Gasteiger partial charge < -0.3 is 19.9 Å². The highest BCUT2D eigenvalue weighted by atomic mass is 32.1. The number of aryl methyl sites for hydroxylation is 1. The fraction of sp³-hybridized carbons (Fsp3) is 0.263. The third-order valence-electron chi connectivity index (χ3n) is 3.34. The summed E-state index contributed by atoms with van der Waals surface area (Å²) in [5.74, 6) is 1.66. The molecule has 0 aromatic heterocycles. The van der Waals surface area contributed by atoms with Crippen LogP contribution in [0.1, 0.15) is 11.1 Å². The molecule has 0 unspecified atom stereocenters. The highest BCUT2D eigenvalue weighted by Crippen LogP contribution is 2.15. The molecule has 3 N–H and O–H groups in total. The first kappa shape index (κ1) is 19.7. The summed E-state index contributed by atoms with van der Waals surface area (Å²) in [6, 6.07) is 15.4. The van der Waals surface area contributed by atoms with Gasteiger partial charge in [0.15, 0.2) is 5.11 Å². The summed E-state index contributed by atoms with van der Waals surface area (Å²) in [5.41, 5.74) is 9.81. The molecule has 0 atom stereocenters. The summed E-state index contributed by atoms with van der Waals surface area (Å²) >= 11 is 4.66. The molecule has 2 rings (SSSR count). The largest absolute Gasteiger partial charge is 0.491 e. The first-order valence-electron chi connectivity index (χ1n) is 8.22. The van der Waals surface area contributed by atoms with Gasteiger partial charge in [-0.1, -0.05) is 18.2 Å². The summed E-state index contributed by atoms with van der Waals surface area (Å²) in [6.07, 6.45) is 1.63. The molecule has 0 aliphatic rings. The Morgan fingerprint density at radius 3 is 2.42 bits per heavy atom. The van der Waals surface area contributed by atoms with Crippen LogP contribution in [-0.2, 0) is 4.74 Å². The summed E-state index contributed by atoms with van der Waals surface area (Å²) < 4.78 is 16.8. The zero-order valence-electron chi connectivity index (χ0n) is 14.7. The average molecular weight is 373 g/mol. The van der Waals surface area contributed by atoms with E-state index in [1.807, 2.05) is 55.5 Å². The molecule has 0 fully saturated rings. The van der Waals surface area contributed by atoms with Crippen LogP contribution in [-0.4, -0.2) is 37.8 Å². The van der Waals surface area contributed by atoms with Crippen LogP contribution < -0.4 is 20.6 Å². The fourth-order valence-corrected chi connectivity index (χ4v) is 2.12. The van der Waals surface area contributed by atoms with Crippen LogP contribution >= 0.6 is 12.2 Å². The lowest BCUT2D eigenvalue weighted by Crippen LogP contribution is -2.23. The first-order chi connectivity index (χ1) is 12.6. The van der Waals surface area contributed by atoms with E-state index in [1.165, 1.54) is 0 Å². The second-order valence-electron chi connectivity index (χ2n) is 5.38. The lowest BCUT2D eigenvalue weighted by Gasteiger charge is -2.10. The normalized spacial score (nSPS) is 10.7. The van der Waals surface area contributed by atoms with E-state index in [0.29, 0.717) is 26.4 Å². The maximum Gasteiger partial charge on any atom is 0.184 e. The monoisotopic (exact) mass is 373 g/mol. The van der Waals surface area contributed by atoms with Gasteiger partial charge in [0.1, 0.15) is 24.7 Å². The second kappa shape index (κ2) is 11.1. The molecule has 0 spiro atoms. The minimum absolute atomic E-state index is 0.130. The Hall–Kier alpha value is -2.64. The molecule has 26 heavy (non-hydrogen) atoms. The quantitative estimate of drug-likeness (QED) is 0.289. The van der Waals surface area contributed by atoms with E-state index < -0.39 is 0 Å². The van der Waals surface area contributed by atoms with E-state index in [4.69, 9.17) is 19.9 Å². The molecule has 138 valence electrons. The van der Waals surface area contributed by atoms with Gasteiger partial charge in [-0.15, -0.1) is 0 Å². The maximum absolute atomic E-state index is 5.66. The van der Waals surface area contributed by atoms with Crippen molar-refractivity contribution in [2.45, 2.75) is 6.92 Å². The number of nitrogens with zero attached hydrogens (tertiary/aromatic N) is 1. The average Bonchev–Trinajstić information content (AvgIpc) is 2.63. The van der Waals surface area contributed by atoms with Gasteiger partial charge in [0, 0.05) is 0 Å². The Morgan fingerprint density at radius 2 is 1.73 bits per heavy atom. The summed E-state index contributed by atoms with van der Waals surface area (Å²) in [7, 11) is 0. The van der Waals surface area contributed by atoms with Gasteiger partial charge in [-0.3, -0.25) is 5.43 Å². The SMILES string of the molecule is Cc1ccccc1OCCOCCOc1ccc(/C=N/NC(N)=S)cc1. The zero-order valence-corrected chi connectivity index (χ0v) is 15.5. The van der Waals surface area contributed by atoms with Crippen LogP contribution in [0.4, 0.5) is 0 Å². The molecule has 6 nitrogen and oxygen atoms in total. The minimum atomic E-state index is 0.130. The Labute approximate surface area is 158 Å². The molecule has 0 saturated heterocycles. The number of hydrazone groups is 1. The predicted octanol–water partition coefficient (Wildman–Crippen LogP) is 2.64. The Bertz CT molecular complexity index is 720. The summed E-state index contributed by atoms with van der Waals surface area (Å²) in [6.45, 7) is 4.02. The number of rotatable bonds is 10. The molecule has 2 aromatic carbocycles. The van der Waals surface area contributed by atoms with Gasteiger partial charge in [-0.25, -0.2) is 0 Å². The molecule has 0 saturated carbocycles. The molecule has 7 heteroatoms. The van der Waals surface area contributed by atoms with Crippen molar-refractivity contribution >= 4 is 23.5 Å². The van der Waals surface area contributed by atoms with E-state index in [-0.39, 0.29) is 5.11 Å². The molecule has 0 heterocycles. The lowest BCUT2D eigenvalue weighted by atomic mass is 10.2. The smallest absolute Gasteiger partial charge is 0.184 e. The minimum Gasteiger partial charge on any atom is -0.491 e. The van der Waals surface area contributed by atoms with Gasteiger partial charge >= 0.3 is 0 Å². The number of thiocarbonyl (C=S) groups is 1. The topological polar surface area (TPSA) is 78.1 Å². The molecule has 0 radical (unpaired) electrons. The molecular weight excluding hydrogens is 350 g/mol. The molecular formula is C19H23N3O3S. The second-order valence-corrected chi connectivity index (χ2v) is 5.82. The molecule has 0 amide bonds. The van der Waals surface area contributed by atoms with Crippen LogP contribution in [0.3, 0.4) is 0 Å². The van der Waals surface area contributed by atoms with Crippen LogP contribution in [0.15, 0.2) is 53.6 Å². The van der Waals surface area contributed by atoms with E-state index in [1.54, 1.807) is 6.21 Å². The van der Waals surface area contributed by atoms with Crippen molar-refractivity contribution in [1.82, 2.24) is 5.43 Å². The van der Waals surface area contributed by atoms with E-state index in [2.05, 4.69) is 22.7 Å². The first-order valence-corrected chi connectivity index (χ1v) is 8.63. The number of hydrogen-bond donors (Lipinski definition) is 2. The molecule has 0 aliphatic heterocycles. The van der Waals surface area contributed by atoms with Gasteiger partial charge in [-0.05, 0) is 60.6 Å². The maximum atomic E-state index is 5.66. The van der Waals surface area contributed by atoms with Crippen LogP contribution in [0.25, 0.3) is 0 Å². The van der Waals surface area contributed by atoms with E-state index in [9.17, 15) is 0 Å². The Kier molecular flexibility index (Phi) is 8.38. The van der Waals surface area contributed by atoms with Gasteiger partial charge in [0.2, 0.25) is 0 Å². The van der Waals surface area contributed by atoms with Crippen molar-refractivity contribution in [2.24, 2.45) is 10.8 Å². The third kappa shape index (κ3) is 7.50. The number of ether oxygens (including phenoxy) is 3. The molecule has 0 bridgehead atoms.